The molecule has 0 radical (unpaired) electrons. The average molecular weight is 383 g/mol. The maximum atomic E-state index is 13.0. The van der Waals surface area contributed by atoms with Gasteiger partial charge in [-0.05, 0) is 50.5 Å². The molecular formula is C23H30N2O3. The Bertz CT molecular complexity index is 787. The van der Waals surface area contributed by atoms with Crippen molar-refractivity contribution in [2.45, 2.75) is 46.2 Å². The van der Waals surface area contributed by atoms with Crippen LogP contribution in [0.1, 0.15) is 37.0 Å². The van der Waals surface area contributed by atoms with Crippen LogP contribution >= 0.6 is 0 Å². The molecule has 28 heavy (non-hydrogen) atoms. The zero-order valence-electron chi connectivity index (χ0n) is 17.2. The van der Waals surface area contributed by atoms with Gasteiger partial charge in [-0.1, -0.05) is 42.0 Å². The molecule has 0 bridgehead atoms. The van der Waals surface area contributed by atoms with Crippen molar-refractivity contribution in [3.8, 4) is 5.75 Å². The lowest BCUT2D eigenvalue weighted by Crippen LogP contribution is -2.47. The van der Waals surface area contributed by atoms with Crippen LogP contribution in [0.4, 0.5) is 0 Å². The van der Waals surface area contributed by atoms with Crippen LogP contribution in [-0.2, 0) is 22.6 Å². The fourth-order valence-corrected chi connectivity index (χ4v) is 3.02. The summed E-state index contributed by atoms with van der Waals surface area (Å²) in [5.74, 6) is 0.548. The first kappa shape index (κ1) is 21.5. The quantitative estimate of drug-likeness (QED) is 0.722. The number of hydrogen-bond acceptors (Lipinski definition) is 3. The molecule has 0 aromatic heterocycles. The molecule has 150 valence electrons. The van der Waals surface area contributed by atoms with Crippen LogP contribution in [-0.4, -0.2) is 36.4 Å². The molecule has 0 aliphatic rings. The third-order valence-electron chi connectivity index (χ3n) is 4.75. The average Bonchev–Trinajstić information content (AvgIpc) is 2.71. The fraction of sp³-hybridized carbons (Fsp3) is 0.391. The van der Waals surface area contributed by atoms with Crippen LogP contribution in [0.3, 0.4) is 0 Å². The van der Waals surface area contributed by atoms with Crippen molar-refractivity contribution in [1.29, 1.82) is 0 Å². The van der Waals surface area contributed by atoms with Crippen molar-refractivity contribution in [3.63, 3.8) is 0 Å². The molecule has 0 saturated heterocycles. The van der Waals surface area contributed by atoms with E-state index in [0.717, 1.165) is 16.9 Å². The Morgan fingerprint density at radius 1 is 1.11 bits per heavy atom. The molecular weight excluding hydrogens is 352 g/mol. The van der Waals surface area contributed by atoms with E-state index < -0.39 is 6.04 Å². The van der Waals surface area contributed by atoms with E-state index >= 15 is 0 Å². The lowest BCUT2D eigenvalue weighted by molar-refractivity contribution is -0.140. The van der Waals surface area contributed by atoms with Gasteiger partial charge in [0, 0.05) is 19.5 Å². The first-order valence-electron chi connectivity index (χ1n) is 9.70. The molecule has 1 atom stereocenters. The molecule has 0 spiro atoms. The van der Waals surface area contributed by atoms with E-state index in [1.807, 2.05) is 62.4 Å². The molecule has 5 nitrogen and oxygen atoms in total. The van der Waals surface area contributed by atoms with Gasteiger partial charge in [-0.15, -0.1) is 0 Å². The van der Waals surface area contributed by atoms with Gasteiger partial charge in [0.05, 0.1) is 7.11 Å². The van der Waals surface area contributed by atoms with Gasteiger partial charge in [-0.2, -0.15) is 0 Å². The molecule has 2 aromatic carbocycles. The smallest absolute Gasteiger partial charge is 0.242 e. The van der Waals surface area contributed by atoms with Crippen molar-refractivity contribution in [1.82, 2.24) is 10.2 Å². The number of carbonyl (C=O) groups is 2. The number of methoxy groups -OCH3 is 1. The molecule has 0 fully saturated rings. The van der Waals surface area contributed by atoms with Gasteiger partial charge in [0.15, 0.2) is 0 Å². The van der Waals surface area contributed by atoms with Gasteiger partial charge in [0.2, 0.25) is 11.8 Å². The summed E-state index contributed by atoms with van der Waals surface area (Å²) in [5, 5.41) is 2.81. The number of hydrogen-bond donors (Lipinski definition) is 1. The molecule has 2 aromatic rings. The highest BCUT2D eigenvalue weighted by molar-refractivity contribution is 5.87. The molecule has 0 saturated carbocycles. The molecule has 0 aliphatic heterocycles. The second kappa shape index (κ2) is 10.5. The molecule has 0 heterocycles. The van der Waals surface area contributed by atoms with E-state index in [0.29, 0.717) is 25.9 Å². The largest absolute Gasteiger partial charge is 0.497 e. The van der Waals surface area contributed by atoms with Crippen LogP contribution < -0.4 is 10.1 Å². The van der Waals surface area contributed by atoms with E-state index in [1.54, 1.807) is 18.9 Å². The second-order valence-corrected chi connectivity index (χ2v) is 6.93. The van der Waals surface area contributed by atoms with Crippen molar-refractivity contribution in [2.24, 2.45) is 0 Å². The second-order valence-electron chi connectivity index (χ2n) is 6.93. The first-order valence-corrected chi connectivity index (χ1v) is 9.70. The fourth-order valence-electron chi connectivity index (χ4n) is 3.02. The van der Waals surface area contributed by atoms with Crippen LogP contribution in [0.2, 0.25) is 0 Å². The highest BCUT2D eigenvalue weighted by Gasteiger charge is 2.25. The van der Waals surface area contributed by atoms with Crippen molar-refractivity contribution in [3.05, 3.63) is 65.2 Å². The van der Waals surface area contributed by atoms with Gasteiger partial charge in [-0.3, -0.25) is 9.59 Å². The van der Waals surface area contributed by atoms with E-state index in [1.165, 1.54) is 5.56 Å². The predicted molar refractivity (Wildman–Crippen MR) is 111 cm³/mol. The van der Waals surface area contributed by atoms with Crippen LogP contribution in [0.15, 0.2) is 48.5 Å². The summed E-state index contributed by atoms with van der Waals surface area (Å²) >= 11 is 0. The number of rotatable bonds is 9. The number of amides is 2. The van der Waals surface area contributed by atoms with Crippen molar-refractivity contribution in [2.75, 3.05) is 13.7 Å². The minimum absolute atomic E-state index is 0.0397. The summed E-state index contributed by atoms with van der Waals surface area (Å²) in [6, 6.07) is 15.2. The molecule has 1 N–H and O–H groups in total. The summed E-state index contributed by atoms with van der Waals surface area (Å²) in [4.78, 5) is 27.0. The van der Waals surface area contributed by atoms with Gasteiger partial charge in [-0.25, -0.2) is 0 Å². The SMILES string of the molecule is CCNC(=O)[C@H](C)N(Cc1cccc(OC)c1)C(=O)CCc1ccc(C)cc1. The number of benzene rings is 2. The molecule has 0 unspecified atom stereocenters. The minimum Gasteiger partial charge on any atom is -0.497 e. The van der Waals surface area contributed by atoms with Gasteiger partial charge >= 0.3 is 0 Å². The Hall–Kier alpha value is -2.82. The maximum Gasteiger partial charge on any atom is 0.242 e. The maximum absolute atomic E-state index is 13.0. The van der Waals surface area contributed by atoms with Gasteiger partial charge in [0.1, 0.15) is 11.8 Å². The Balaban J connectivity index is 2.14. The van der Waals surface area contributed by atoms with E-state index in [9.17, 15) is 9.59 Å². The van der Waals surface area contributed by atoms with Crippen molar-refractivity contribution < 1.29 is 14.3 Å². The first-order chi connectivity index (χ1) is 13.4. The summed E-state index contributed by atoms with van der Waals surface area (Å²) in [5.41, 5.74) is 3.24. The Kier molecular flexibility index (Phi) is 8.05. The number of likely N-dealkylation sites (N-methyl/N-ethyl adjacent to an activating group) is 1. The highest BCUT2D eigenvalue weighted by atomic mass is 16.5. The lowest BCUT2D eigenvalue weighted by Gasteiger charge is -2.29. The van der Waals surface area contributed by atoms with E-state index in [2.05, 4.69) is 5.32 Å². The van der Waals surface area contributed by atoms with E-state index in [4.69, 9.17) is 4.74 Å². The molecule has 5 heteroatoms. The lowest BCUT2D eigenvalue weighted by atomic mass is 10.1. The minimum atomic E-state index is -0.545. The summed E-state index contributed by atoms with van der Waals surface area (Å²) in [6.45, 7) is 6.58. The zero-order valence-corrected chi connectivity index (χ0v) is 17.2. The Morgan fingerprint density at radius 2 is 1.82 bits per heavy atom. The standard InChI is InChI=1S/C23H30N2O3/c1-5-24-23(27)18(3)25(16-20-7-6-8-21(15-20)28-4)22(26)14-13-19-11-9-17(2)10-12-19/h6-12,15,18H,5,13-14,16H2,1-4H3,(H,24,27)/t18-/m0/s1. The zero-order chi connectivity index (χ0) is 20.5. The number of nitrogens with one attached hydrogen (secondary N) is 1. The van der Waals surface area contributed by atoms with Crippen molar-refractivity contribution >= 4 is 11.8 Å². The molecule has 2 amide bonds. The van der Waals surface area contributed by atoms with Crippen LogP contribution in [0.25, 0.3) is 0 Å². The topological polar surface area (TPSA) is 58.6 Å². The number of ether oxygens (including phenoxy) is 1. The van der Waals surface area contributed by atoms with Crippen LogP contribution in [0.5, 0.6) is 5.75 Å². The monoisotopic (exact) mass is 382 g/mol. The third-order valence-corrected chi connectivity index (χ3v) is 4.75. The third kappa shape index (κ3) is 6.12. The highest BCUT2D eigenvalue weighted by Crippen LogP contribution is 2.17. The normalized spacial score (nSPS) is 11.6. The number of aryl methyl sites for hydroxylation is 2. The summed E-state index contributed by atoms with van der Waals surface area (Å²) in [7, 11) is 1.61. The van der Waals surface area contributed by atoms with E-state index in [-0.39, 0.29) is 11.8 Å². The van der Waals surface area contributed by atoms with Crippen LogP contribution in [0, 0.1) is 6.92 Å². The molecule has 0 aliphatic carbocycles. The Labute approximate surface area is 167 Å². The summed E-state index contributed by atoms with van der Waals surface area (Å²) < 4.78 is 5.28. The number of nitrogens with zero attached hydrogens (tertiary/aromatic N) is 1. The molecule has 2 rings (SSSR count). The van der Waals surface area contributed by atoms with Gasteiger partial charge in [0.25, 0.3) is 0 Å². The van der Waals surface area contributed by atoms with Gasteiger partial charge < -0.3 is 15.0 Å². The Morgan fingerprint density at radius 3 is 2.46 bits per heavy atom. The predicted octanol–water partition coefficient (Wildman–Crippen LogP) is 3.49. The summed E-state index contributed by atoms with van der Waals surface area (Å²) in [6.07, 6.45) is 1.01. The number of carbonyl (C=O) groups excluding carboxylic acids is 2.